The van der Waals surface area contributed by atoms with Crippen LogP contribution in [-0.4, -0.2) is 41.3 Å². The molecule has 4 rings (SSSR count). The number of sulfone groups is 1. The summed E-state index contributed by atoms with van der Waals surface area (Å²) in [5.41, 5.74) is 2.43. The van der Waals surface area contributed by atoms with E-state index in [2.05, 4.69) is 31.2 Å². The zero-order chi connectivity index (χ0) is 23.6. The van der Waals surface area contributed by atoms with Gasteiger partial charge in [-0.3, -0.25) is 9.59 Å². The third-order valence-electron chi connectivity index (χ3n) is 4.51. The van der Waals surface area contributed by atoms with Crippen molar-refractivity contribution in [3.05, 3.63) is 63.2 Å². The number of rotatable bonds is 6. The number of fused-ring (bicyclic) bond motifs is 1. The van der Waals surface area contributed by atoms with Crippen LogP contribution < -0.4 is 10.1 Å². The molecule has 0 spiro atoms. The van der Waals surface area contributed by atoms with E-state index in [1.165, 1.54) is 22.7 Å². The number of anilines is 1. The fraction of sp³-hybridized carbons (Fsp3) is 0.143. The van der Waals surface area contributed by atoms with Gasteiger partial charge in [0.25, 0.3) is 5.91 Å². The zero-order valence-electron chi connectivity index (χ0n) is 17.2. The molecule has 0 aliphatic carbocycles. The third-order valence-corrected chi connectivity index (χ3v) is 8.24. The first-order valence-corrected chi connectivity index (χ1v) is 13.8. The second-order valence-corrected chi connectivity index (χ2v) is 11.9. The maximum atomic E-state index is 12.4. The fourth-order valence-corrected chi connectivity index (χ4v) is 6.36. The van der Waals surface area contributed by atoms with Crippen LogP contribution >= 0.6 is 38.6 Å². The summed E-state index contributed by atoms with van der Waals surface area (Å²) < 4.78 is 28.3. The molecule has 0 aliphatic heterocycles. The highest BCUT2D eigenvalue weighted by atomic mass is 79.9. The first-order valence-electron chi connectivity index (χ1n) is 9.54. The molecule has 0 fully saturated rings. The first-order chi connectivity index (χ1) is 15.7. The minimum absolute atomic E-state index is 0.286. The fourth-order valence-electron chi connectivity index (χ4n) is 3.02. The smallest absolute Gasteiger partial charge is 0.263 e. The van der Waals surface area contributed by atoms with Crippen molar-refractivity contribution in [3.8, 4) is 11.3 Å². The molecule has 8 nitrogen and oxygen atoms in total. The number of aromatic nitrogens is 2. The maximum Gasteiger partial charge on any atom is 0.263 e. The van der Waals surface area contributed by atoms with Crippen LogP contribution in [0.4, 0.5) is 5.13 Å². The molecule has 0 bridgehead atoms. The molecule has 12 heteroatoms. The summed E-state index contributed by atoms with van der Waals surface area (Å²) in [6.45, 7) is 0. The Bertz CT molecular complexity index is 1520. The third kappa shape index (κ3) is 5.82. The van der Waals surface area contributed by atoms with Gasteiger partial charge >= 0.3 is 0 Å². The van der Waals surface area contributed by atoms with E-state index in [9.17, 15) is 18.0 Å². The second kappa shape index (κ2) is 9.67. The zero-order valence-corrected chi connectivity index (χ0v) is 21.2. The Labute approximate surface area is 205 Å². The standard InChI is InChI=1S/C21H17BrN4O4S3/c1-26-16-8-7-14(22)9-17(16)32-21(26)25-19(28)12-33(29,30)11-18(27)24-20-23-15(10-31-20)13-5-3-2-4-6-13/h2-10H,11-12H2,1H3,(H,23,24,27). The number of carbonyl (C=O) groups excluding carboxylic acids is 2. The van der Waals surface area contributed by atoms with E-state index in [-0.39, 0.29) is 5.13 Å². The Morgan fingerprint density at radius 3 is 2.67 bits per heavy atom. The van der Waals surface area contributed by atoms with Crippen molar-refractivity contribution in [1.29, 1.82) is 0 Å². The molecule has 2 aromatic heterocycles. The van der Waals surface area contributed by atoms with Crippen LogP contribution in [0.1, 0.15) is 0 Å². The number of aryl methyl sites for hydroxylation is 1. The predicted octanol–water partition coefficient (Wildman–Crippen LogP) is 3.61. The second-order valence-electron chi connectivity index (χ2n) is 7.05. The number of nitrogens with zero attached hydrogens (tertiary/aromatic N) is 3. The van der Waals surface area contributed by atoms with Gasteiger partial charge in [0, 0.05) is 22.5 Å². The lowest BCUT2D eigenvalue weighted by molar-refractivity contribution is -0.115. The van der Waals surface area contributed by atoms with Gasteiger partial charge in [-0.05, 0) is 18.2 Å². The number of carbonyl (C=O) groups is 2. The predicted molar refractivity (Wildman–Crippen MR) is 134 cm³/mol. The van der Waals surface area contributed by atoms with Crippen LogP contribution in [0.3, 0.4) is 0 Å². The molecule has 0 saturated heterocycles. The summed E-state index contributed by atoms with van der Waals surface area (Å²) in [5.74, 6) is -3.27. The number of benzene rings is 2. The van der Waals surface area contributed by atoms with Crippen LogP contribution in [0.2, 0.25) is 0 Å². The van der Waals surface area contributed by atoms with Crippen molar-refractivity contribution in [2.75, 3.05) is 16.8 Å². The lowest BCUT2D eigenvalue weighted by Gasteiger charge is -2.02. The summed E-state index contributed by atoms with van der Waals surface area (Å²) in [6, 6.07) is 15.0. The first kappa shape index (κ1) is 23.5. The molecule has 2 aromatic carbocycles. The highest BCUT2D eigenvalue weighted by molar-refractivity contribution is 9.10. The van der Waals surface area contributed by atoms with Crippen LogP contribution in [0.15, 0.2) is 63.4 Å². The SMILES string of the molecule is Cn1c(=NC(=O)CS(=O)(=O)CC(=O)Nc2nc(-c3ccccc3)cs2)sc2cc(Br)ccc21. The number of nitrogens with one attached hydrogen (secondary N) is 1. The van der Waals surface area contributed by atoms with E-state index >= 15 is 0 Å². The van der Waals surface area contributed by atoms with Crippen molar-refractivity contribution < 1.29 is 18.0 Å². The van der Waals surface area contributed by atoms with E-state index in [0.29, 0.717) is 10.5 Å². The maximum absolute atomic E-state index is 12.4. The molecule has 0 saturated carbocycles. The molecular weight excluding hydrogens is 548 g/mol. The Morgan fingerprint density at radius 1 is 1.15 bits per heavy atom. The van der Waals surface area contributed by atoms with Gasteiger partial charge in [0.1, 0.15) is 11.5 Å². The number of hydrogen-bond acceptors (Lipinski definition) is 7. The molecule has 2 heterocycles. The Kier molecular flexibility index (Phi) is 6.88. The molecule has 33 heavy (non-hydrogen) atoms. The van der Waals surface area contributed by atoms with Crippen molar-refractivity contribution in [2.45, 2.75) is 0 Å². The van der Waals surface area contributed by atoms with E-state index in [1.54, 1.807) is 17.0 Å². The van der Waals surface area contributed by atoms with Crippen molar-refractivity contribution in [3.63, 3.8) is 0 Å². The van der Waals surface area contributed by atoms with E-state index in [0.717, 1.165) is 20.3 Å². The van der Waals surface area contributed by atoms with E-state index < -0.39 is 33.2 Å². The largest absolute Gasteiger partial charge is 0.319 e. The van der Waals surface area contributed by atoms with Crippen LogP contribution in [-0.2, 0) is 26.5 Å². The average molecular weight is 565 g/mol. The monoisotopic (exact) mass is 564 g/mol. The van der Waals surface area contributed by atoms with Crippen molar-refractivity contribution >= 4 is 75.6 Å². The highest BCUT2D eigenvalue weighted by Gasteiger charge is 2.22. The molecule has 0 unspecified atom stereocenters. The van der Waals surface area contributed by atoms with Gasteiger partial charge in [0.15, 0.2) is 19.8 Å². The molecular formula is C21H17BrN4O4S3. The summed E-state index contributed by atoms with van der Waals surface area (Å²) in [7, 11) is -2.26. The highest BCUT2D eigenvalue weighted by Crippen LogP contribution is 2.24. The summed E-state index contributed by atoms with van der Waals surface area (Å²) in [4.78, 5) is 33.2. The topological polar surface area (TPSA) is 110 Å². The Morgan fingerprint density at radius 2 is 1.91 bits per heavy atom. The van der Waals surface area contributed by atoms with Gasteiger partial charge in [-0.25, -0.2) is 13.4 Å². The average Bonchev–Trinajstić information content (AvgIpc) is 3.32. The lowest BCUT2D eigenvalue weighted by Crippen LogP contribution is -2.28. The molecule has 170 valence electrons. The van der Waals surface area contributed by atoms with Crippen molar-refractivity contribution in [2.24, 2.45) is 12.0 Å². The van der Waals surface area contributed by atoms with Gasteiger partial charge in [-0.15, -0.1) is 11.3 Å². The molecule has 1 N–H and O–H groups in total. The molecule has 0 aliphatic rings. The minimum Gasteiger partial charge on any atom is -0.319 e. The number of halogens is 1. The summed E-state index contributed by atoms with van der Waals surface area (Å²) in [5, 5.41) is 4.54. The lowest BCUT2D eigenvalue weighted by atomic mass is 10.2. The van der Waals surface area contributed by atoms with Crippen LogP contribution in [0.5, 0.6) is 0 Å². The molecule has 0 atom stereocenters. The molecule has 2 amide bonds. The number of thiazole rings is 2. The van der Waals surface area contributed by atoms with Gasteiger partial charge < -0.3 is 9.88 Å². The van der Waals surface area contributed by atoms with Crippen LogP contribution in [0.25, 0.3) is 21.5 Å². The normalized spacial score (nSPS) is 12.2. The Hall–Kier alpha value is -2.67. The molecule has 4 aromatic rings. The Balaban J connectivity index is 1.41. The molecule has 0 radical (unpaired) electrons. The van der Waals surface area contributed by atoms with Crippen LogP contribution in [0, 0.1) is 0 Å². The van der Waals surface area contributed by atoms with Gasteiger partial charge in [-0.1, -0.05) is 57.6 Å². The summed E-state index contributed by atoms with van der Waals surface area (Å²) in [6.07, 6.45) is 0. The summed E-state index contributed by atoms with van der Waals surface area (Å²) >= 11 is 5.86. The van der Waals surface area contributed by atoms with Crippen molar-refractivity contribution in [1.82, 2.24) is 9.55 Å². The van der Waals surface area contributed by atoms with Gasteiger partial charge in [-0.2, -0.15) is 4.99 Å². The number of amides is 2. The van der Waals surface area contributed by atoms with Gasteiger partial charge in [0.05, 0.1) is 15.9 Å². The van der Waals surface area contributed by atoms with E-state index in [4.69, 9.17) is 0 Å². The quantitative estimate of drug-likeness (QED) is 0.384. The minimum atomic E-state index is -4.01. The number of hydrogen-bond donors (Lipinski definition) is 1. The van der Waals surface area contributed by atoms with E-state index in [1.807, 2.05) is 48.5 Å². The van der Waals surface area contributed by atoms with Gasteiger partial charge in [0.2, 0.25) is 5.91 Å².